The van der Waals surface area contributed by atoms with Crippen molar-refractivity contribution >= 4 is 28.5 Å². The normalized spacial score (nSPS) is 12.8. The van der Waals surface area contributed by atoms with Crippen LogP contribution in [0.25, 0.3) is 10.9 Å². The molecule has 3 aromatic carbocycles. The number of hydrogen-bond acceptors (Lipinski definition) is 5. The Hall–Kier alpha value is -4.13. The summed E-state index contributed by atoms with van der Waals surface area (Å²) >= 11 is 0. The molecule has 4 rings (SSSR count). The van der Waals surface area contributed by atoms with Gasteiger partial charge in [-0.1, -0.05) is 55.5 Å². The van der Waals surface area contributed by atoms with E-state index in [2.05, 4.69) is 29.7 Å². The van der Waals surface area contributed by atoms with Crippen LogP contribution < -0.4 is 16.2 Å². The van der Waals surface area contributed by atoms with Gasteiger partial charge in [-0.2, -0.15) is 0 Å². The van der Waals surface area contributed by atoms with Gasteiger partial charge in [-0.3, -0.25) is 9.36 Å². The zero-order valence-electron chi connectivity index (χ0n) is 20.4. The Balaban J connectivity index is 1.71. The van der Waals surface area contributed by atoms with Crippen LogP contribution in [-0.2, 0) is 7.05 Å². The van der Waals surface area contributed by atoms with Gasteiger partial charge < -0.3 is 15.7 Å². The summed E-state index contributed by atoms with van der Waals surface area (Å²) in [6.07, 6.45) is 0. The fraction of sp³-hybridized carbons (Fsp3) is 0.250. The van der Waals surface area contributed by atoms with Gasteiger partial charge in [0.25, 0.3) is 5.56 Å². The van der Waals surface area contributed by atoms with E-state index in [0.29, 0.717) is 29.1 Å². The summed E-state index contributed by atoms with van der Waals surface area (Å²) in [6, 6.07) is 20.5. The molecule has 7 heteroatoms. The number of aromatic nitrogens is 2. The maximum Gasteiger partial charge on any atom is 0.337 e. The average molecular weight is 471 g/mol. The molecule has 0 aliphatic heterocycles. The lowest BCUT2D eigenvalue weighted by Gasteiger charge is -2.21. The first-order valence-electron chi connectivity index (χ1n) is 11.6. The summed E-state index contributed by atoms with van der Waals surface area (Å²) in [6.45, 7) is 6.63. The lowest BCUT2D eigenvalue weighted by molar-refractivity contribution is 0.0698. The van der Waals surface area contributed by atoms with E-state index < -0.39 is 5.97 Å². The van der Waals surface area contributed by atoms with Crippen molar-refractivity contribution in [1.29, 1.82) is 0 Å². The SMILES string of the molecule is Cc1cc(C(C)Nc2ccccc2C(=O)O)c2nc(NC[C@H](C)c3ccccc3)n(C)c(=O)c2c1. The molecule has 1 unspecified atom stereocenters. The summed E-state index contributed by atoms with van der Waals surface area (Å²) < 4.78 is 1.54. The number of fused-ring (bicyclic) bond motifs is 1. The van der Waals surface area contributed by atoms with Gasteiger partial charge in [-0.15, -0.1) is 0 Å². The van der Waals surface area contributed by atoms with Crippen molar-refractivity contribution in [3.05, 3.63) is 99.3 Å². The van der Waals surface area contributed by atoms with Crippen molar-refractivity contribution in [2.45, 2.75) is 32.7 Å². The predicted molar refractivity (Wildman–Crippen MR) is 141 cm³/mol. The molecule has 0 radical (unpaired) electrons. The zero-order chi connectivity index (χ0) is 25.1. The van der Waals surface area contributed by atoms with Crippen LogP contribution in [0.4, 0.5) is 11.6 Å². The van der Waals surface area contributed by atoms with Crippen LogP contribution in [0.2, 0.25) is 0 Å². The minimum Gasteiger partial charge on any atom is -0.478 e. The number of carboxylic acids is 1. The van der Waals surface area contributed by atoms with Crippen LogP contribution in [0.15, 0.2) is 71.5 Å². The molecule has 180 valence electrons. The first-order valence-corrected chi connectivity index (χ1v) is 11.6. The summed E-state index contributed by atoms with van der Waals surface area (Å²) in [4.78, 5) is 29.8. The molecule has 0 amide bonds. The number of carboxylic acid groups (broad SMARTS) is 1. The Labute approximate surface area is 204 Å². The minimum absolute atomic E-state index is 0.132. The number of para-hydroxylation sites is 1. The molecule has 1 aromatic heterocycles. The molecular formula is C28H30N4O3. The fourth-order valence-corrected chi connectivity index (χ4v) is 4.29. The quantitative estimate of drug-likeness (QED) is 0.322. The monoisotopic (exact) mass is 470 g/mol. The highest BCUT2D eigenvalue weighted by Crippen LogP contribution is 2.28. The second-order valence-corrected chi connectivity index (χ2v) is 8.96. The van der Waals surface area contributed by atoms with Crippen molar-refractivity contribution < 1.29 is 9.90 Å². The Morgan fingerprint density at radius 1 is 1.06 bits per heavy atom. The van der Waals surface area contributed by atoms with E-state index in [-0.39, 0.29) is 23.1 Å². The Kier molecular flexibility index (Phi) is 6.87. The molecule has 4 aromatic rings. The molecular weight excluding hydrogens is 440 g/mol. The molecule has 35 heavy (non-hydrogen) atoms. The van der Waals surface area contributed by atoms with Gasteiger partial charge in [0.05, 0.1) is 22.5 Å². The van der Waals surface area contributed by atoms with Gasteiger partial charge in [0.1, 0.15) is 0 Å². The number of carbonyl (C=O) groups is 1. The van der Waals surface area contributed by atoms with Crippen molar-refractivity contribution in [2.24, 2.45) is 7.05 Å². The van der Waals surface area contributed by atoms with Crippen LogP contribution in [0.5, 0.6) is 0 Å². The van der Waals surface area contributed by atoms with Gasteiger partial charge in [0, 0.05) is 24.8 Å². The van der Waals surface area contributed by atoms with Gasteiger partial charge >= 0.3 is 5.97 Å². The third-order valence-corrected chi connectivity index (χ3v) is 6.29. The summed E-state index contributed by atoms with van der Waals surface area (Å²) in [5, 5.41) is 16.7. The van der Waals surface area contributed by atoms with Crippen molar-refractivity contribution in [2.75, 3.05) is 17.2 Å². The number of nitrogens with zero attached hydrogens (tertiary/aromatic N) is 2. The molecule has 7 nitrogen and oxygen atoms in total. The second-order valence-electron chi connectivity index (χ2n) is 8.96. The van der Waals surface area contributed by atoms with Crippen LogP contribution in [0, 0.1) is 6.92 Å². The van der Waals surface area contributed by atoms with Crippen molar-refractivity contribution in [3.63, 3.8) is 0 Å². The molecule has 0 aliphatic rings. The van der Waals surface area contributed by atoms with E-state index in [4.69, 9.17) is 4.98 Å². The molecule has 2 atom stereocenters. The molecule has 0 bridgehead atoms. The number of anilines is 2. The van der Waals surface area contributed by atoms with Gasteiger partial charge in [-0.05, 0) is 49.1 Å². The van der Waals surface area contributed by atoms with E-state index in [0.717, 1.165) is 11.1 Å². The zero-order valence-corrected chi connectivity index (χ0v) is 20.4. The van der Waals surface area contributed by atoms with Gasteiger partial charge in [0.15, 0.2) is 0 Å². The molecule has 0 saturated carbocycles. The number of nitrogens with one attached hydrogen (secondary N) is 2. The van der Waals surface area contributed by atoms with Gasteiger partial charge in [-0.25, -0.2) is 9.78 Å². The Morgan fingerprint density at radius 2 is 1.74 bits per heavy atom. The van der Waals surface area contributed by atoms with E-state index in [9.17, 15) is 14.7 Å². The van der Waals surface area contributed by atoms with E-state index in [1.54, 1.807) is 35.9 Å². The molecule has 0 fully saturated rings. The number of benzene rings is 3. The third-order valence-electron chi connectivity index (χ3n) is 6.29. The number of aromatic carboxylic acids is 1. The molecule has 0 aliphatic carbocycles. The third kappa shape index (κ3) is 5.04. The number of rotatable bonds is 8. The van der Waals surface area contributed by atoms with Crippen LogP contribution in [-0.4, -0.2) is 27.2 Å². The van der Waals surface area contributed by atoms with Crippen molar-refractivity contribution in [3.8, 4) is 0 Å². The van der Waals surface area contributed by atoms with E-state index in [1.807, 2.05) is 44.2 Å². The smallest absolute Gasteiger partial charge is 0.337 e. The van der Waals surface area contributed by atoms with Crippen LogP contribution >= 0.6 is 0 Å². The summed E-state index contributed by atoms with van der Waals surface area (Å²) in [5.41, 5.74) is 4.15. The first kappa shape index (κ1) is 24.0. The summed E-state index contributed by atoms with van der Waals surface area (Å²) in [7, 11) is 1.72. The topological polar surface area (TPSA) is 96.2 Å². The molecule has 1 heterocycles. The van der Waals surface area contributed by atoms with E-state index >= 15 is 0 Å². The predicted octanol–water partition coefficient (Wildman–Crippen LogP) is 5.33. The lowest BCUT2D eigenvalue weighted by atomic mass is 10.0. The number of aryl methyl sites for hydroxylation is 1. The van der Waals surface area contributed by atoms with Crippen LogP contribution in [0.3, 0.4) is 0 Å². The fourth-order valence-electron chi connectivity index (χ4n) is 4.29. The molecule has 3 N–H and O–H groups in total. The highest BCUT2D eigenvalue weighted by molar-refractivity contribution is 5.94. The first-order chi connectivity index (χ1) is 16.8. The minimum atomic E-state index is -1.000. The van der Waals surface area contributed by atoms with Crippen molar-refractivity contribution in [1.82, 2.24) is 9.55 Å². The molecule has 0 saturated heterocycles. The highest BCUT2D eigenvalue weighted by Gasteiger charge is 2.19. The lowest BCUT2D eigenvalue weighted by Crippen LogP contribution is -2.25. The maximum atomic E-state index is 13.3. The Bertz CT molecular complexity index is 1430. The summed E-state index contributed by atoms with van der Waals surface area (Å²) in [5.74, 6) is -0.275. The van der Waals surface area contributed by atoms with E-state index in [1.165, 1.54) is 5.56 Å². The highest BCUT2D eigenvalue weighted by atomic mass is 16.4. The molecule has 0 spiro atoms. The second kappa shape index (κ2) is 10.0. The van der Waals surface area contributed by atoms with Crippen LogP contribution in [0.1, 0.15) is 52.9 Å². The van der Waals surface area contributed by atoms with Gasteiger partial charge in [0.2, 0.25) is 5.95 Å². The standard InChI is InChI=1S/C28H30N4O3/c1-17-14-22(19(3)30-24-13-9-8-12-21(24)27(34)35)25-23(15-17)26(33)32(4)28(31-25)29-16-18(2)20-10-6-5-7-11-20/h5-15,18-19,30H,16H2,1-4H3,(H,29,31)(H,34,35)/t18-,19?/m0/s1. The maximum absolute atomic E-state index is 13.3. The average Bonchev–Trinajstić information content (AvgIpc) is 2.85. The Morgan fingerprint density at radius 3 is 2.46 bits per heavy atom. The number of hydrogen-bond donors (Lipinski definition) is 3. The largest absolute Gasteiger partial charge is 0.478 e.